The van der Waals surface area contributed by atoms with Crippen LogP contribution in [0.3, 0.4) is 0 Å². The van der Waals surface area contributed by atoms with Gasteiger partial charge < -0.3 is 10.1 Å². The van der Waals surface area contributed by atoms with Crippen molar-refractivity contribution >= 4 is 15.9 Å². The maximum absolute atomic E-state index is 12.2. The van der Waals surface area contributed by atoms with Gasteiger partial charge in [0.15, 0.2) is 0 Å². The standard InChI is InChI=1S/C13H18BrF2NO/c1-2-7-17-8-12(18-9-13(15)16)10-5-3-4-6-11(10)14/h3-6,12-13,17H,2,7-9H2,1H3. The lowest BCUT2D eigenvalue weighted by Gasteiger charge is -2.20. The molecule has 18 heavy (non-hydrogen) atoms. The Morgan fingerprint density at radius 1 is 1.33 bits per heavy atom. The molecule has 0 bridgehead atoms. The topological polar surface area (TPSA) is 21.3 Å². The predicted molar refractivity (Wildman–Crippen MR) is 72.0 cm³/mol. The second-order valence-electron chi connectivity index (χ2n) is 3.94. The van der Waals surface area contributed by atoms with Crippen molar-refractivity contribution in [2.75, 3.05) is 19.7 Å². The van der Waals surface area contributed by atoms with E-state index in [9.17, 15) is 8.78 Å². The number of benzene rings is 1. The molecule has 0 fully saturated rings. The first kappa shape index (κ1) is 15.5. The minimum atomic E-state index is -2.44. The molecule has 0 radical (unpaired) electrons. The maximum Gasteiger partial charge on any atom is 0.261 e. The fourth-order valence-electron chi connectivity index (χ4n) is 1.59. The first-order valence-electron chi connectivity index (χ1n) is 6.00. The molecule has 0 amide bonds. The largest absolute Gasteiger partial charge is 0.366 e. The molecule has 0 aromatic heterocycles. The van der Waals surface area contributed by atoms with Crippen molar-refractivity contribution in [3.05, 3.63) is 34.3 Å². The molecule has 2 nitrogen and oxygen atoms in total. The van der Waals surface area contributed by atoms with E-state index in [1.54, 1.807) is 0 Å². The van der Waals surface area contributed by atoms with Gasteiger partial charge in [0.1, 0.15) is 6.61 Å². The van der Waals surface area contributed by atoms with Crippen LogP contribution < -0.4 is 5.32 Å². The molecule has 0 saturated heterocycles. The summed E-state index contributed by atoms with van der Waals surface area (Å²) in [4.78, 5) is 0. The molecule has 0 heterocycles. The van der Waals surface area contributed by atoms with E-state index in [1.165, 1.54) is 0 Å². The first-order valence-corrected chi connectivity index (χ1v) is 6.79. The number of rotatable bonds is 8. The normalized spacial score (nSPS) is 12.9. The Kier molecular flexibility index (Phi) is 7.39. The first-order chi connectivity index (χ1) is 8.65. The molecule has 1 N–H and O–H groups in total. The van der Waals surface area contributed by atoms with Crippen LogP contribution in [0.1, 0.15) is 25.0 Å². The third kappa shape index (κ3) is 5.42. The number of hydrogen-bond donors (Lipinski definition) is 1. The van der Waals surface area contributed by atoms with Crippen LogP contribution in [0.25, 0.3) is 0 Å². The summed E-state index contributed by atoms with van der Waals surface area (Å²) in [7, 11) is 0. The van der Waals surface area contributed by atoms with Gasteiger partial charge in [0.25, 0.3) is 6.43 Å². The van der Waals surface area contributed by atoms with E-state index in [1.807, 2.05) is 24.3 Å². The van der Waals surface area contributed by atoms with Gasteiger partial charge in [0.05, 0.1) is 6.10 Å². The Balaban J connectivity index is 2.66. The molecular formula is C13H18BrF2NO. The third-order valence-corrected chi connectivity index (χ3v) is 3.15. The second kappa shape index (κ2) is 8.56. The van der Waals surface area contributed by atoms with Crippen LogP contribution in [0, 0.1) is 0 Å². The van der Waals surface area contributed by atoms with Gasteiger partial charge in [-0.05, 0) is 24.6 Å². The molecule has 0 spiro atoms. The number of ether oxygens (including phenoxy) is 1. The molecular weight excluding hydrogens is 304 g/mol. The molecule has 1 atom stereocenters. The number of halogens is 3. The third-order valence-electron chi connectivity index (χ3n) is 2.43. The highest BCUT2D eigenvalue weighted by atomic mass is 79.9. The van der Waals surface area contributed by atoms with Gasteiger partial charge in [-0.25, -0.2) is 8.78 Å². The van der Waals surface area contributed by atoms with Gasteiger partial charge in [0.2, 0.25) is 0 Å². The fraction of sp³-hybridized carbons (Fsp3) is 0.538. The zero-order valence-corrected chi connectivity index (χ0v) is 11.9. The quantitative estimate of drug-likeness (QED) is 0.736. The van der Waals surface area contributed by atoms with E-state index in [0.717, 1.165) is 23.0 Å². The van der Waals surface area contributed by atoms with Crippen LogP contribution in [0.15, 0.2) is 28.7 Å². The van der Waals surface area contributed by atoms with Crippen molar-refractivity contribution < 1.29 is 13.5 Å². The summed E-state index contributed by atoms with van der Waals surface area (Å²) in [5.41, 5.74) is 0.891. The van der Waals surface area contributed by atoms with Gasteiger partial charge in [-0.3, -0.25) is 0 Å². The summed E-state index contributed by atoms with van der Waals surface area (Å²) in [6, 6.07) is 7.53. The predicted octanol–water partition coefficient (Wildman–Crippen LogP) is 3.77. The van der Waals surface area contributed by atoms with Gasteiger partial charge in [-0.2, -0.15) is 0 Å². The summed E-state index contributed by atoms with van der Waals surface area (Å²) in [6.07, 6.45) is -1.81. The van der Waals surface area contributed by atoms with Crippen molar-refractivity contribution in [3.8, 4) is 0 Å². The van der Waals surface area contributed by atoms with E-state index in [0.29, 0.717) is 6.54 Å². The highest BCUT2D eigenvalue weighted by molar-refractivity contribution is 9.10. The Bertz CT molecular complexity index is 350. The number of nitrogens with one attached hydrogen (secondary N) is 1. The maximum atomic E-state index is 12.2. The molecule has 1 aromatic rings. The van der Waals surface area contributed by atoms with E-state index >= 15 is 0 Å². The summed E-state index contributed by atoms with van der Waals surface area (Å²) in [6.45, 7) is 2.89. The van der Waals surface area contributed by atoms with Crippen LogP contribution in [-0.4, -0.2) is 26.1 Å². The fourth-order valence-corrected chi connectivity index (χ4v) is 2.13. The number of hydrogen-bond acceptors (Lipinski definition) is 2. The smallest absolute Gasteiger partial charge is 0.261 e. The molecule has 0 aliphatic carbocycles. The molecule has 1 rings (SSSR count). The summed E-state index contributed by atoms with van der Waals surface area (Å²) >= 11 is 3.42. The zero-order chi connectivity index (χ0) is 13.4. The lowest BCUT2D eigenvalue weighted by molar-refractivity contribution is -0.0248. The molecule has 5 heteroatoms. The Morgan fingerprint density at radius 2 is 2.06 bits per heavy atom. The van der Waals surface area contributed by atoms with E-state index in [-0.39, 0.29) is 6.10 Å². The number of alkyl halides is 2. The van der Waals surface area contributed by atoms with Gasteiger partial charge in [-0.15, -0.1) is 0 Å². The monoisotopic (exact) mass is 321 g/mol. The van der Waals surface area contributed by atoms with E-state index in [4.69, 9.17) is 4.74 Å². The molecule has 0 saturated carbocycles. The van der Waals surface area contributed by atoms with Gasteiger partial charge in [0, 0.05) is 11.0 Å². The van der Waals surface area contributed by atoms with Gasteiger partial charge >= 0.3 is 0 Å². The van der Waals surface area contributed by atoms with Crippen LogP contribution in [0.2, 0.25) is 0 Å². The minimum absolute atomic E-state index is 0.360. The molecule has 1 unspecified atom stereocenters. The van der Waals surface area contributed by atoms with E-state index < -0.39 is 13.0 Å². The lowest BCUT2D eigenvalue weighted by atomic mass is 10.1. The summed E-state index contributed by atoms with van der Waals surface area (Å²) in [5.74, 6) is 0. The summed E-state index contributed by atoms with van der Waals surface area (Å²) < 4.78 is 30.6. The minimum Gasteiger partial charge on any atom is -0.366 e. The van der Waals surface area contributed by atoms with Crippen LogP contribution in [-0.2, 0) is 4.74 Å². The Labute approximate surface area is 115 Å². The Hall–Kier alpha value is -0.520. The van der Waals surface area contributed by atoms with Crippen molar-refractivity contribution in [2.45, 2.75) is 25.9 Å². The van der Waals surface area contributed by atoms with E-state index in [2.05, 4.69) is 28.2 Å². The highest BCUT2D eigenvalue weighted by Gasteiger charge is 2.16. The van der Waals surface area contributed by atoms with Crippen molar-refractivity contribution in [1.29, 1.82) is 0 Å². The average Bonchev–Trinajstić information content (AvgIpc) is 2.34. The second-order valence-corrected chi connectivity index (χ2v) is 4.79. The SMILES string of the molecule is CCCNCC(OCC(F)F)c1ccccc1Br. The molecule has 1 aromatic carbocycles. The molecule has 0 aliphatic heterocycles. The van der Waals surface area contributed by atoms with Gasteiger partial charge in [-0.1, -0.05) is 41.1 Å². The van der Waals surface area contributed by atoms with Crippen LogP contribution >= 0.6 is 15.9 Å². The van der Waals surface area contributed by atoms with Crippen LogP contribution in [0.5, 0.6) is 0 Å². The van der Waals surface area contributed by atoms with Crippen LogP contribution in [0.4, 0.5) is 8.78 Å². The van der Waals surface area contributed by atoms with Crippen molar-refractivity contribution in [3.63, 3.8) is 0 Å². The zero-order valence-electron chi connectivity index (χ0n) is 10.3. The molecule has 0 aliphatic rings. The highest BCUT2D eigenvalue weighted by Crippen LogP contribution is 2.25. The lowest BCUT2D eigenvalue weighted by Crippen LogP contribution is -2.25. The Morgan fingerprint density at radius 3 is 2.67 bits per heavy atom. The van der Waals surface area contributed by atoms with Crippen molar-refractivity contribution in [1.82, 2.24) is 5.32 Å². The van der Waals surface area contributed by atoms with Crippen molar-refractivity contribution in [2.24, 2.45) is 0 Å². The molecule has 102 valence electrons. The average molecular weight is 322 g/mol. The summed E-state index contributed by atoms with van der Waals surface area (Å²) in [5, 5.41) is 3.19.